The lowest BCUT2D eigenvalue weighted by molar-refractivity contribution is 0.1000. The summed E-state index contributed by atoms with van der Waals surface area (Å²) in [4.78, 5) is 25.2. The summed E-state index contributed by atoms with van der Waals surface area (Å²) >= 11 is 0. The van der Waals surface area contributed by atoms with Crippen molar-refractivity contribution in [3.63, 3.8) is 0 Å². The van der Waals surface area contributed by atoms with Gasteiger partial charge in [0.05, 0.1) is 11.5 Å². The number of carbonyl (C=O) groups is 2. The molecule has 2 rings (SSSR count). The molecule has 0 saturated carbocycles. The van der Waals surface area contributed by atoms with Crippen molar-refractivity contribution in [2.75, 3.05) is 33.0 Å². The molecule has 0 saturated heterocycles. The zero-order valence-corrected chi connectivity index (χ0v) is 17.9. The van der Waals surface area contributed by atoms with Gasteiger partial charge >= 0.3 is 6.03 Å². The minimum absolute atomic E-state index is 0.196. The molecule has 0 radical (unpaired) electrons. The van der Waals surface area contributed by atoms with Crippen LogP contribution in [-0.2, 0) is 16.3 Å². The first-order valence-electron chi connectivity index (χ1n) is 9.47. The van der Waals surface area contributed by atoms with E-state index in [1.807, 2.05) is 6.07 Å². The van der Waals surface area contributed by atoms with Gasteiger partial charge in [-0.2, -0.15) is 0 Å². The molecule has 0 heterocycles. The van der Waals surface area contributed by atoms with Crippen molar-refractivity contribution < 1.29 is 22.7 Å². The highest BCUT2D eigenvalue weighted by atomic mass is 32.2. The fourth-order valence-corrected chi connectivity index (χ4v) is 3.34. The van der Waals surface area contributed by atoms with Gasteiger partial charge in [-0.15, -0.1) is 0 Å². The molecule has 2 aromatic carbocycles. The standard InChI is InChI=1S/C21H27N3O5S/c1-24(13-4-14-29-18-7-9-19(10-8-18)30(2,27)28)21(26)23-12-11-16-5-3-6-17(15-16)20(22)25/h3,5-10,15H,4,11-14H2,1-2H3,(H2,22,25)(H,23,26). The maximum atomic E-state index is 12.1. The van der Waals surface area contributed by atoms with Crippen LogP contribution in [0.15, 0.2) is 53.4 Å². The third kappa shape index (κ3) is 7.40. The molecule has 3 N–H and O–H groups in total. The number of hydrogen-bond acceptors (Lipinski definition) is 5. The van der Waals surface area contributed by atoms with Crippen LogP contribution in [0.5, 0.6) is 5.75 Å². The summed E-state index contributed by atoms with van der Waals surface area (Å²) in [6.07, 6.45) is 2.37. The normalized spacial score (nSPS) is 11.0. The summed E-state index contributed by atoms with van der Waals surface area (Å²) in [7, 11) is -1.53. The second-order valence-corrected chi connectivity index (χ2v) is 8.93. The van der Waals surface area contributed by atoms with Crippen molar-refractivity contribution >= 4 is 21.8 Å². The van der Waals surface area contributed by atoms with Crippen molar-refractivity contribution in [3.05, 3.63) is 59.7 Å². The SMILES string of the molecule is CN(CCCOc1ccc(S(C)(=O)=O)cc1)C(=O)NCCc1cccc(C(N)=O)c1. The molecular weight excluding hydrogens is 406 g/mol. The van der Waals surface area contributed by atoms with E-state index in [4.69, 9.17) is 10.5 Å². The van der Waals surface area contributed by atoms with E-state index in [0.29, 0.717) is 43.9 Å². The van der Waals surface area contributed by atoms with Gasteiger partial charge in [0.25, 0.3) is 0 Å². The third-order valence-corrected chi connectivity index (χ3v) is 5.54. The summed E-state index contributed by atoms with van der Waals surface area (Å²) in [5.41, 5.74) is 6.64. The Hall–Kier alpha value is -3.07. The average molecular weight is 434 g/mol. The second kappa shape index (κ2) is 10.6. The maximum Gasteiger partial charge on any atom is 0.317 e. The summed E-state index contributed by atoms with van der Waals surface area (Å²) in [6, 6.07) is 13.0. The zero-order chi connectivity index (χ0) is 22.1. The van der Waals surface area contributed by atoms with Crippen molar-refractivity contribution in [1.82, 2.24) is 10.2 Å². The number of nitrogens with two attached hydrogens (primary N) is 1. The number of hydrogen-bond donors (Lipinski definition) is 2. The molecule has 9 heteroatoms. The molecule has 0 spiro atoms. The van der Waals surface area contributed by atoms with Crippen LogP contribution in [0.1, 0.15) is 22.3 Å². The molecule has 0 atom stereocenters. The molecule has 0 unspecified atom stereocenters. The quantitative estimate of drug-likeness (QED) is 0.554. The van der Waals surface area contributed by atoms with Gasteiger partial charge in [0.2, 0.25) is 5.91 Å². The highest BCUT2D eigenvalue weighted by molar-refractivity contribution is 7.90. The van der Waals surface area contributed by atoms with Crippen molar-refractivity contribution in [2.24, 2.45) is 5.73 Å². The zero-order valence-electron chi connectivity index (χ0n) is 17.1. The van der Waals surface area contributed by atoms with Crippen molar-refractivity contribution in [3.8, 4) is 5.75 Å². The van der Waals surface area contributed by atoms with Gasteiger partial charge in [0, 0.05) is 32.0 Å². The molecule has 0 aliphatic rings. The van der Waals surface area contributed by atoms with Crippen LogP contribution in [0, 0.1) is 0 Å². The van der Waals surface area contributed by atoms with E-state index in [1.165, 1.54) is 12.1 Å². The van der Waals surface area contributed by atoms with Gasteiger partial charge in [-0.05, 0) is 54.8 Å². The number of urea groups is 1. The van der Waals surface area contributed by atoms with E-state index in [-0.39, 0.29) is 10.9 Å². The maximum absolute atomic E-state index is 12.1. The van der Waals surface area contributed by atoms with E-state index in [2.05, 4.69) is 5.32 Å². The Morgan fingerprint density at radius 3 is 2.47 bits per heavy atom. The number of rotatable bonds is 10. The van der Waals surface area contributed by atoms with Gasteiger partial charge in [-0.3, -0.25) is 4.79 Å². The van der Waals surface area contributed by atoms with Crippen LogP contribution < -0.4 is 15.8 Å². The van der Waals surface area contributed by atoms with Crippen LogP contribution in [-0.4, -0.2) is 58.3 Å². The van der Waals surface area contributed by atoms with Crippen LogP contribution in [0.4, 0.5) is 4.79 Å². The first kappa shape index (κ1) is 23.2. The largest absolute Gasteiger partial charge is 0.494 e. The van der Waals surface area contributed by atoms with Crippen molar-refractivity contribution in [1.29, 1.82) is 0 Å². The lowest BCUT2D eigenvalue weighted by Gasteiger charge is -2.18. The van der Waals surface area contributed by atoms with Gasteiger partial charge in [-0.1, -0.05) is 12.1 Å². The van der Waals surface area contributed by atoms with Crippen LogP contribution in [0.25, 0.3) is 0 Å². The summed E-state index contributed by atoms with van der Waals surface area (Å²) in [6.45, 7) is 1.34. The summed E-state index contributed by atoms with van der Waals surface area (Å²) in [5.74, 6) is 0.0990. The predicted molar refractivity (Wildman–Crippen MR) is 114 cm³/mol. The van der Waals surface area contributed by atoms with E-state index in [1.54, 1.807) is 42.3 Å². The molecule has 2 aromatic rings. The Kier molecular flexibility index (Phi) is 8.23. The Labute approximate surface area is 176 Å². The lowest BCUT2D eigenvalue weighted by Crippen LogP contribution is -2.39. The Morgan fingerprint density at radius 2 is 1.83 bits per heavy atom. The van der Waals surface area contributed by atoms with E-state index >= 15 is 0 Å². The van der Waals surface area contributed by atoms with E-state index in [9.17, 15) is 18.0 Å². The van der Waals surface area contributed by atoms with E-state index < -0.39 is 15.7 Å². The van der Waals surface area contributed by atoms with Crippen LogP contribution in [0.2, 0.25) is 0 Å². The van der Waals surface area contributed by atoms with Crippen LogP contribution in [0.3, 0.4) is 0 Å². The molecule has 8 nitrogen and oxygen atoms in total. The number of sulfone groups is 1. The number of primary amides is 1. The molecule has 0 bridgehead atoms. The molecule has 162 valence electrons. The molecule has 0 fully saturated rings. The Balaban J connectivity index is 1.67. The van der Waals surface area contributed by atoms with Gasteiger partial charge < -0.3 is 20.7 Å². The fourth-order valence-electron chi connectivity index (χ4n) is 2.71. The minimum atomic E-state index is -3.22. The highest BCUT2D eigenvalue weighted by Gasteiger charge is 2.09. The summed E-state index contributed by atoms with van der Waals surface area (Å²) < 4.78 is 28.5. The molecule has 0 aliphatic heterocycles. The predicted octanol–water partition coefficient (Wildman–Crippen LogP) is 1.84. The van der Waals surface area contributed by atoms with Gasteiger partial charge in [-0.25, -0.2) is 13.2 Å². The number of amides is 3. The first-order chi connectivity index (χ1) is 14.2. The smallest absolute Gasteiger partial charge is 0.317 e. The Bertz CT molecular complexity index is 974. The lowest BCUT2D eigenvalue weighted by atomic mass is 10.1. The molecular formula is C21H27N3O5S. The molecule has 0 aliphatic carbocycles. The number of carbonyl (C=O) groups excluding carboxylic acids is 2. The van der Waals surface area contributed by atoms with Gasteiger partial charge in [0.15, 0.2) is 9.84 Å². The van der Waals surface area contributed by atoms with Gasteiger partial charge in [0.1, 0.15) is 5.75 Å². The Morgan fingerprint density at radius 1 is 1.13 bits per heavy atom. The number of nitrogens with one attached hydrogen (secondary N) is 1. The van der Waals surface area contributed by atoms with Crippen LogP contribution >= 0.6 is 0 Å². The average Bonchev–Trinajstić information content (AvgIpc) is 2.70. The van der Waals surface area contributed by atoms with Crippen molar-refractivity contribution in [2.45, 2.75) is 17.7 Å². The first-order valence-corrected chi connectivity index (χ1v) is 11.4. The number of benzene rings is 2. The number of ether oxygens (including phenoxy) is 1. The third-order valence-electron chi connectivity index (χ3n) is 4.41. The topological polar surface area (TPSA) is 119 Å². The molecule has 30 heavy (non-hydrogen) atoms. The molecule has 0 aromatic heterocycles. The monoisotopic (exact) mass is 433 g/mol. The highest BCUT2D eigenvalue weighted by Crippen LogP contribution is 2.16. The molecule has 3 amide bonds. The fraction of sp³-hybridized carbons (Fsp3) is 0.333. The van der Waals surface area contributed by atoms with E-state index in [0.717, 1.165) is 11.8 Å². The summed E-state index contributed by atoms with van der Waals surface area (Å²) in [5, 5.41) is 2.83. The minimum Gasteiger partial charge on any atom is -0.494 e. The number of nitrogens with zero attached hydrogens (tertiary/aromatic N) is 1. The second-order valence-electron chi connectivity index (χ2n) is 6.91.